The Morgan fingerprint density at radius 2 is 2.06 bits per heavy atom. The lowest BCUT2D eigenvalue weighted by Gasteiger charge is -2.24. The third kappa shape index (κ3) is 4.08. The van der Waals surface area contributed by atoms with E-state index >= 15 is 0 Å². The van der Waals surface area contributed by atoms with Crippen LogP contribution in [0.3, 0.4) is 0 Å². The van der Waals surface area contributed by atoms with Gasteiger partial charge in [0.25, 0.3) is 0 Å². The molecule has 0 saturated carbocycles. The summed E-state index contributed by atoms with van der Waals surface area (Å²) in [6, 6.07) is 9.46. The number of nitrogens with zero attached hydrogens (tertiary/aromatic N) is 2. The summed E-state index contributed by atoms with van der Waals surface area (Å²) in [5, 5.41) is 11.4. The minimum absolute atomic E-state index is 0.0134. The summed E-state index contributed by atoms with van der Waals surface area (Å²) >= 11 is 0. The van der Waals surface area contributed by atoms with E-state index in [1.165, 1.54) is 0 Å². The van der Waals surface area contributed by atoms with Crippen molar-refractivity contribution in [1.29, 1.82) is 0 Å². The van der Waals surface area contributed by atoms with Gasteiger partial charge >= 0.3 is 0 Å². The molecule has 1 rings (SSSR count). The quantitative estimate of drug-likeness (QED) is 0.356. The summed E-state index contributed by atoms with van der Waals surface area (Å²) in [5.74, 6) is 0.140. The smallest absolute Gasteiger partial charge is 0.226 e. The van der Waals surface area contributed by atoms with E-state index in [0.29, 0.717) is 12.8 Å². The average Bonchev–Trinajstić information content (AvgIpc) is 2.38. The van der Waals surface area contributed by atoms with Crippen molar-refractivity contribution in [2.45, 2.75) is 25.8 Å². The number of carbonyl (C=O) groups excluding carboxylic acids is 1. The predicted molar refractivity (Wildman–Crippen MR) is 70.4 cm³/mol. The minimum atomic E-state index is -0.0999. The molecule has 0 bridgehead atoms. The van der Waals surface area contributed by atoms with Crippen molar-refractivity contribution in [3.05, 3.63) is 35.9 Å². The predicted octanol–water partition coefficient (Wildman–Crippen LogP) is 1.21. The van der Waals surface area contributed by atoms with Gasteiger partial charge in [-0.25, -0.2) is 0 Å². The Morgan fingerprint density at radius 3 is 2.61 bits per heavy atom. The summed E-state index contributed by atoms with van der Waals surface area (Å²) in [6.45, 7) is 1.86. The maximum atomic E-state index is 12.0. The van der Waals surface area contributed by atoms with Crippen LogP contribution < -0.4 is 5.73 Å². The highest BCUT2D eigenvalue weighted by Crippen LogP contribution is 2.06. The van der Waals surface area contributed by atoms with Crippen molar-refractivity contribution in [3.63, 3.8) is 0 Å². The largest absolute Gasteiger partial charge is 0.409 e. The molecule has 0 aliphatic heterocycles. The lowest BCUT2D eigenvalue weighted by Crippen LogP contribution is -2.38. The zero-order valence-corrected chi connectivity index (χ0v) is 10.7. The van der Waals surface area contributed by atoms with E-state index in [9.17, 15) is 4.79 Å². The van der Waals surface area contributed by atoms with E-state index in [2.05, 4.69) is 5.16 Å². The first-order valence-corrected chi connectivity index (χ1v) is 5.80. The van der Waals surface area contributed by atoms with Crippen molar-refractivity contribution in [2.24, 2.45) is 10.9 Å². The van der Waals surface area contributed by atoms with Gasteiger partial charge in [-0.2, -0.15) is 0 Å². The first kappa shape index (κ1) is 14.0. The number of benzene rings is 1. The first-order valence-electron chi connectivity index (χ1n) is 5.80. The highest BCUT2D eigenvalue weighted by molar-refractivity contribution is 5.82. The molecule has 1 atom stereocenters. The van der Waals surface area contributed by atoms with Crippen molar-refractivity contribution in [1.82, 2.24) is 4.90 Å². The van der Waals surface area contributed by atoms with E-state index in [0.717, 1.165) is 5.56 Å². The Morgan fingerprint density at radius 1 is 1.44 bits per heavy atom. The lowest BCUT2D eigenvalue weighted by atomic mass is 10.1. The fraction of sp³-hybridized carbons (Fsp3) is 0.385. The molecular weight excluding hydrogens is 230 g/mol. The standard InChI is InChI=1S/C13H19N3O2/c1-10(8-12(14)15-18)16(2)13(17)9-11-6-4-3-5-7-11/h3-7,10,18H,8-9H2,1-2H3,(H2,14,15). The van der Waals surface area contributed by atoms with Crippen LogP contribution in [0, 0.1) is 0 Å². The highest BCUT2D eigenvalue weighted by atomic mass is 16.4. The van der Waals surface area contributed by atoms with Crippen LogP contribution in [0.25, 0.3) is 0 Å². The Labute approximate surface area is 107 Å². The number of hydrogen-bond acceptors (Lipinski definition) is 3. The summed E-state index contributed by atoms with van der Waals surface area (Å²) in [7, 11) is 1.72. The van der Waals surface area contributed by atoms with E-state index in [-0.39, 0.29) is 17.8 Å². The van der Waals surface area contributed by atoms with Crippen LogP contribution in [-0.4, -0.2) is 34.9 Å². The van der Waals surface area contributed by atoms with Crippen molar-refractivity contribution >= 4 is 11.7 Å². The van der Waals surface area contributed by atoms with E-state index < -0.39 is 0 Å². The van der Waals surface area contributed by atoms with Crippen LogP contribution in [0.15, 0.2) is 35.5 Å². The molecule has 98 valence electrons. The van der Waals surface area contributed by atoms with Gasteiger partial charge in [-0.1, -0.05) is 35.5 Å². The second-order valence-corrected chi connectivity index (χ2v) is 4.31. The van der Waals surface area contributed by atoms with Crippen LogP contribution in [0.1, 0.15) is 18.9 Å². The molecule has 0 radical (unpaired) electrons. The molecular formula is C13H19N3O2. The second-order valence-electron chi connectivity index (χ2n) is 4.31. The third-order valence-electron chi connectivity index (χ3n) is 2.89. The molecule has 1 aromatic carbocycles. The first-order chi connectivity index (χ1) is 8.54. The monoisotopic (exact) mass is 249 g/mol. The maximum absolute atomic E-state index is 12.0. The Balaban J connectivity index is 2.56. The van der Waals surface area contributed by atoms with Gasteiger partial charge in [0.05, 0.1) is 6.42 Å². The highest BCUT2D eigenvalue weighted by Gasteiger charge is 2.17. The fourth-order valence-electron chi connectivity index (χ4n) is 1.62. The fourth-order valence-corrected chi connectivity index (χ4v) is 1.62. The number of rotatable bonds is 5. The molecule has 1 unspecified atom stereocenters. The van der Waals surface area contributed by atoms with Crippen molar-refractivity contribution in [2.75, 3.05) is 7.05 Å². The molecule has 0 fully saturated rings. The molecule has 0 aliphatic carbocycles. The second kappa shape index (κ2) is 6.64. The summed E-state index contributed by atoms with van der Waals surface area (Å²) in [6.07, 6.45) is 0.714. The Kier molecular flexibility index (Phi) is 5.17. The molecule has 3 N–H and O–H groups in total. The van der Waals surface area contributed by atoms with Crippen molar-refractivity contribution in [3.8, 4) is 0 Å². The minimum Gasteiger partial charge on any atom is -0.409 e. The van der Waals surface area contributed by atoms with Crippen molar-refractivity contribution < 1.29 is 10.0 Å². The number of oxime groups is 1. The van der Waals surface area contributed by atoms with Gasteiger partial charge in [0.15, 0.2) is 0 Å². The molecule has 5 heteroatoms. The molecule has 18 heavy (non-hydrogen) atoms. The zero-order chi connectivity index (χ0) is 13.5. The lowest BCUT2D eigenvalue weighted by molar-refractivity contribution is -0.130. The molecule has 1 amide bonds. The topological polar surface area (TPSA) is 78.9 Å². The SMILES string of the molecule is CC(CC(N)=NO)N(C)C(=O)Cc1ccccc1. The summed E-state index contributed by atoms with van der Waals surface area (Å²) in [4.78, 5) is 13.6. The Bertz CT molecular complexity index is 418. The van der Waals surface area contributed by atoms with E-state index in [4.69, 9.17) is 10.9 Å². The number of carbonyl (C=O) groups is 1. The Hall–Kier alpha value is -2.04. The van der Waals surface area contributed by atoms with Gasteiger partial charge in [0.2, 0.25) is 5.91 Å². The summed E-state index contributed by atoms with van der Waals surface area (Å²) in [5.41, 5.74) is 6.40. The van der Waals surface area contributed by atoms with Crippen LogP contribution in [0.5, 0.6) is 0 Å². The normalized spacial score (nSPS) is 13.1. The molecule has 0 saturated heterocycles. The third-order valence-corrected chi connectivity index (χ3v) is 2.89. The van der Waals surface area contributed by atoms with Gasteiger partial charge in [-0.05, 0) is 12.5 Å². The number of amidine groups is 1. The van der Waals surface area contributed by atoms with Gasteiger partial charge in [-0.15, -0.1) is 0 Å². The maximum Gasteiger partial charge on any atom is 0.226 e. The molecule has 1 aromatic rings. The zero-order valence-electron chi connectivity index (χ0n) is 10.7. The van der Waals surface area contributed by atoms with Gasteiger partial charge < -0.3 is 15.8 Å². The number of nitrogens with two attached hydrogens (primary N) is 1. The van der Waals surface area contributed by atoms with Crippen LogP contribution in [-0.2, 0) is 11.2 Å². The van der Waals surface area contributed by atoms with Crippen LogP contribution in [0.4, 0.5) is 0 Å². The molecule has 0 aromatic heterocycles. The number of likely N-dealkylation sites (N-methyl/N-ethyl adjacent to an activating group) is 1. The van der Waals surface area contributed by atoms with E-state index in [1.807, 2.05) is 37.3 Å². The molecule has 0 spiro atoms. The van der Waals surface area contributed by atoms with Gasteiger partial charge in [0.1, 0.15) is 5.84 Å². The average molecular weight is 249 g/mol. The number of amides is 1. The van der Waals surface area contributed by atoms with Crippen LogP contribution >= 0.6 is 0 Å². The van der Waals surface area contributed by atoms with Crippen LogP contribution in [0.2, 0.25) is 0 Å². The van der Waals surface area contributed by atoms with Gasteiger partial charge in [0, 0.05) is 19.5 Å². The number of hydrogen-bond donors (Lipinski definition) is 2. The molecule has 0 heterocycles. The van der Waals surface area contributed by atoms with Gasteiger partial charge in [-0.3, -0.25) is 4.79 Å². The molecule has 5 nitrogen and oxygen atoms in total. The molecule has 0 aliphatic rings. The summed E-state index contributed by atoms with van der Waals surface area (Å²) < 4.78 is 0. The van der Waals surface area contributed by atoms with E-state index in [1.54, 1.807) is 11.9 Å².